The van der Waals surface area contributed by atoms with Gasteiger partial charge in [-0.3, -0.25) is 19.2 Å². The molecular weight excluding hydrogens is 291 g/mol. The molecule has 3 atom stereocenters. The van der Waals surface area contributed by atoms with Crippen LogP contribution in [-0.2, 0) is 19.2 Å². The second kappa shape index (κ2) is 6.48. The Balaban J connectivity index is 6.62. The number of ketones is 3. The fourth-order valence-corrected chi connectivity index (χ4v) is 2.28. The molecule has 0 unspecified atom stereocenters. The summed E-state index contributed by atoms with van der Waals surface area (Å²) < 4.78 is 13.5. The van der Waals surface area contributed by atoms with Gasteiger partial charge in [-0.1, -0.05) is 0 Å². The first kappa shape index (κ1) is 19.4. The Morgan fingerprint density at radius 3 is 1.57 bits per heavy atom. The van der Waals surface area contributed by atoms with E-state index in [1.54, 1.807) is 0 Å². The standard InChI is InChI=1S/C12H17FO8/c1-5(15)11(6(2)16,10(13)20)12(21,7(3)17)9(19)8(18)4-14/h8-9,14,18-19,21H,4H2,1-3H3/t8-,9-,12+/m1/s1. The first-order valence-electron chi connectivity index (χ1n) is 5.84. The van der Waals surface area contributed by atoms with Gasteiger partial charge in [-0.15, -0.1) is 0 Å². The SMILES string of the molecule is CC(=O)C(C(C)=O)(C(=O)F)[C@](O)(C(C)=O)[C@H](O)[C@H](O)CO. The van der Waals surface area contributed by atoms with Crippen LogP contribution in [0.2, 0.25) is 0 Å². The van der Waals surface area contributed by atoms with Crippen LogP contribution in [0, 0.1) is 5.41 Å². The van der Waals surface area contributed by atoms with E-state index in [4.69, 9.17) is 5.11 Å². The van der Waals surface area contributed by atoms with Crippen molar-refractivity contribution in [1.82, 2.24) is 0 Å². The van der Waals surface area contributed by atoms with E-state index in [1.165, 1.54) is 0 Å². The summed E-state index contributed by atoms with van der Waals surface area (Å²) in [5.41, 5.74) is -7.08. The van der Waals surface area contributed by atoms with Gasteiger partial charge in [0.2, 0.25) is 5.41 Å². The molecule has 0 aromatic carbocycles. The highest BCUT2D eigenvalue weighted by Gasteiger charge is 2.70. The molecular formula is C12H17FO8. The summed E-state index contributed by atoms with van der Waals surface area (Å²) in [5, 5.41) is 38.2. The van der Waals surface area contributed by atoms with Gasteiger partial charge in [-0.25, -0.2) is 0 Å². The number of aliphatic hydroxyl groups excluding tert-OH is 3. The Kier molecular flexibility index (Phi) is 6.00. The van der Waals surface area contributed by atoms with Crippen molar-refractivity contribution < 1.29 is 44.0 Å². The van der Waals surface area contributed by atoms with Gasteiger partial charge in [0, 0.05) is 0 Å². The number of halogens is 1. The summed E-state index contributed by atoms with van der Waals surface area (Å²) in [5.74, 6) is -4.55. The summed E-state index contributed by atoms with van der Waals surface area (Å²) in [7, 11) is 0. The third-order valence-corrected chi connectivity index (χ3v) is 3.44. The molecule has 0 aromatic heterocycles. The topological polar surface area (TPSA) is 149 Å². The number of rotatable bonds is 8. The Bertz CT molecular complexity index is 438. The van der Waals surface area contributed by atoms with Crippen molar-refractivity contribution in [3.05, 3.63) is 0 Å². The smallest absolute Gasteiger partial charge is 0.326 e. The van der Waals surface area contributed by atoms with Crippen LogP contribution in [0.3, 0.4) is 0 Å². The van der Waals surface area contributed by atoms with Crippen molar-refractivity contribution in [3.63, 3.8) is 0 Å². The van der Waals surface area contributed by atoms with E-state index in [0.717, 1.165) is 0 Å². The van der Waals surface area contributed by atoms with Crippen LogP contribution >= 0.6 is 0 Å². The predicted octanol–water partition coefficient (Wildman–Crippen LogP) is -2.32. The van der Waals surface area contributed by atoms with E-state index < -0.39 is 53.2 Å². The molecule has 0 saturated carbocycles. The zero-order chi connectivity index (χ0) is 17.2. The molecule has 0 spiro atoms. The maximum Gasteiger partial charge on any atom is 0.326 e. The number of Topliss-reactive ketones (excluding diaryl/α,β-unsaturated/α-hetero) is 3. The third-order valence-electron chi connectivity index (χ3n) is 3.44. The van der Waals surface area contributed by atoms with Crippen LogP contribution in [0.25, 0.3) is 0 Å². The van der Waals surface area contributed by atoms with Crippen LogP contribution in [0.4, 0.5) is 4.39 Å². The summed E-state index contributed by atoms with van der Waals surface area (Å²) >= 11 is 0. The number of carbonyl (C=O) groups is 4. The summed E-state index contributed by atoms with van der Waals surface area (Å²) in [4.78, 5) is 46.2. The molecule has 0 heterocycles. The molecule has 0 bridgehead atoms. The van der Waals surface area contributed by atoms with Gasteiger partial charge in [0.05, 0.1) is 6.61 Å². The molecule has 0 amide bonds. The molecule has 0 aromatic rings. The molecule has 0 radical (unpaired) electrons. The van der Waals surface area contributed by atoms with Gasteiger partial charge >= 0.3 is 6.04 Å². The van der Waals surface area contributed by atoms with Gasteiger partial charge in [-0.2, -0.15) is 4.39 Å². The monoisotopic (exact) mass is 308 g/mol. The summed E-state index contributed by atoms with van der Waals surface area (Å²) in [6.45, 7) is 0.565. The minimum Gasteiger partial charge on any atom is -0.394 e. The molecule has 0 rings (SSSR count). The normalized spacial score (nSPS) is 17.5. The van der Waals surface area contributed by atoms with Crippen LogP contribution in [-0.4, -0.2) is 68.2 Å². The highest BCUT2D eigenvalue weighted by atomic mass is 19.1. The second-order valence-electron chi connectivity index (χ2n) is 4.65. The number of carbonyl (C=O) groups excluding carboxylic acids is 4. The molecule has 4 N–H and O–H groups in total. The van der Waals surface area contributed by atoms with Gasteiger partial charge in [0.25, 0.3) is 0 Å². The molecule has 0 aliphatic carbocycles. The van der Waals surface area contributed by atoms with Crippen molar-refractivity contribution in [2.75, 3.05) is 6.61 Å². The Labute approximate surface area is 119 Å². The first-order chi connectivity index (χ1) is 9.42. The molecule has 0 fully saturated rings. The molecule has 0 aliphatic rings. The lowest BCUT2D eigenvalue weighted by Crippen LogP contribution is -2.71. The zero-order valence-corrected chi connectivity index (χ0v) is 11.7. The lowest BCUT2D eigenvalue weighted by atomic mass is 9.62. The highest BCUT2D eigenvalue weighted by Crippen LogP contribution is 2.40. The maximum absolute atomic E-state index is 13.5. The zero-order valence-electron chi connectivity index (χ0n) is 11.7. The summed E-state index contributed by atoms with van der Waals surface area (Å²) in [6, 6.07) is -2.65. The predicted molar refractivity (Wildman–Crippen MR) is 64.6 cm³/mol. The van der Waals surface area contributed by atoms with Crippen molar-refractivity contribution in [1.29, 1.82) is 0 Å². The van der Waals surface area contributed by atoms with Crippen molar-refractivity contribution in [2.24, 2.45) is 5.41 Å². The summed E-state index contributed by atoms with van der Waals surface area (Å²) in [6.07, 6.45) is -4.84. The van der Waals surface area contributed by atoms with Crippen LogP contribution in [0.15, 0.2) is 0 Å². The third kappa shape index (κ3) is 2.64. The minimum absolute atomic E-state index is 0.574. The second-order valence-corrected chi connectivity index (χ2v) is 4.65. The van der Waals surface area contributed by atoms with E-state index in [-0.39, 0.29) is 0 Å². The maximum atomic E-state index is 13.5. The number of aliphatic hydroxyl groups is 4. The fraction of sp³-hybridized carbons (Fsp3) is 0.667. The number of hydrogen-bond donors (Lipinski definition) is 4. The molecule has 21 heavy (non-hydrogen) atoms. The van der Waals surface area contributed by atoms with Gasteiger partial charge in [-0.05, 0) is 20.8 Å². The molecule has 8 nitrogen and oxygen atoms in total. The highest BCUT2D eigenvalue weighted by molar-refractivity contribution is 6.25. The molecule has 9 heteroatoms. The molecule has 0 saturated heterocycles. The average Bonchev–Trinajstić information content (AvgIpc) is 2.35. The van der Waals surface area contributed by atoms with Crippen molar-refractivity contribution in [2.45, 2.75) is 38.6 Å². The van der Waals surface area contributed by atoms with E-state index in [2.05, 4.69) is 0 Å². The molecule has 120 valence electrons. The fourth-order valence-electron chi connectivity index (χ4n) is 2.28. The van der Waals surface area contributed by atoms with Crippen LogP contribution in [0.1, 0.15) is 20.8 Å². The lowest BCUT2D eigenvalue weighted by Gasteiger charge is -2.42. The lowest BCUT2D eigenvalue weighted by molar-refractivity contribution is -0.204. The van der Waals surface area contributed by atoms with Crippen LogP contribution < -0.4 is 0 Å². The van der Waals surface area contributed by atoms with E-state index in [9.17, 15) is 38.9 Å². The number of hydrogen-bond acceptors (Lipinski definition) is 8. The Morgan fingerprint density at radius 1 is 1.00 bits per heavy atom. The largest absolute Gasteiger partial charge is 0.394 e. The van der Waals surface area contributed by atoms with Gasteiger partial charge in [0.1, 0.15) is 12.2 Å². The van der Waals surface area contributed by atoms with Gasteiger partial charge in [0.15, 0.2) is 23.0 Å². The van der Waals surface area contributed by atoms with Gasteiger partial charge < -0.3 is 20.4 Å². The minimum atomic E-state index is -3.56. The van der Waals surface area contributed by atoms with Crippen LogP contribution in [0.5, 0.6) is 0 Å². The Morgan fingerprint density at radius 2 is 1.38 bits per heavy atom. The average molecular weight is 308 g/mol. The Hall–Kier alpha value is -1.55. The first-order valence-corrected chi connectivity index (χ1v) is 5.84. The van der Waals surface area contributed by atoms with Crippen molar-refractivity contribution >= 4 is 23.4 Å². The van der Waals surface area contributed by atoms with E-state index >= 15 is 0 Å². The van der Waals surface area contributed by atoms with E-state index in [0.29, 0.717) is 20.8 Å². The van der Waals surface area contributed by atoms with E-state index in [1.807, 2.05) is 0 Å². The quantitative estimate of drug-likeness (QED) is 0.288. The molecule has 0 aliphatic heterocycles. The van der Waals surface area contributed by atoms with Crippen molar-refractivity contribution in [3.8, 4) is 0 Å².